The third-order valence-electron chi connectivity index (χ3n) is 1.90. The van der Waals surface area contributed by atoms with Crippen molar-refractivity contribution >= 4 is 40.8 Å². The van der Waals surface area contributed by atoms with Crippen molar-refractivity contribution in [2.45, 2.75) is 33.8 Å². The van der Waals surface area contributed by atoms with Gasteiger partial charge in [0, 0.05) is 7.05 Å². The molecule has 0 saturated heterocycles. The van der Waals surface area contributed by atoms with E-state index < -0.39 is 0 Å². The Kier molecular flexibility index (Phi) is 5.38. The molecule has 0 aliphatic carbocycles. The van der Waals surface area contributed by atoms with E-state index in [2.05, 4.69) is 30.5 Å². The summed E-state index contributed by atoms with van der Waals surface area (Å²) in [7, 11) is 1.75. The van der Waals surface area contributed by atoms with E-state index in [1.165, 1.54) is 23.1 Å². The second kappa shape index (κ2) is 7.04. The molecule has 0 unspecified atom stereocenters. The van der Waals surface area contributed by atoms with E-state index in [-0.39, 0.29) is 6.10 Å². The molecule has 0 bridgehead atoms. The van der Waals surface area contributed by atoms with Crippen molar-refractivity contribution in [1.82, 2.24) is 25.1 Å². The molecule has 108 valence electrons. The first-order chi connectivity index (χ1) is 9.60. The van der Waals surface area contributed by atoms with Crippen LogP contribution in [0.15, 0.2) is 13.8 Å². The minimum atomic E-state index is 0.00424. The van der Waals surface area contributed by atoms with Gasteiger partial charge in [-0.05, 0) is 31.9 Å². The summed E-state index contributed by atoms with van der Waals surface area (Å²) < 4.78 is 7.21. The van der Waals surface area contributed by atoms with E-state index >= 15 is 0 Å². The van der Waals surface area contributed by atoms with Crippen LogP contribution in [0, 0.1) is 0 Å². The molecule has 0 fully saturated rings. The zero-order valence-electron chi connectivity index (χ0n) is 11.4. The highest BCUT2D eigenvalue weighted by molar-refractivity contribution is 8.02. The molecule has 2 heterocycles. The second-order valence-electron chi connectivity index (χ2n) is 3.78. The first-order valence-corrected chi connectivity index (χ1v) is 8.62. The maximum Gasteiger partial charge on any atom is 0.322 e. The molecule has 2 rings (SSSR count). The van der Waals surface area contributed by atoms with Crippen LogP contribution in [-0.4, -0.2) is 44.6 Å². The van der Waals surface area contributed by atoms with Crippen LogP contribution < -0.4 is 10.1 Å². The van der Waals surface area contributed by atoms with E-state index in [4.69, 9.17) is 4.74 Å². The molecule has 0 amide bonds. The molecular weight excluding hydrogens is 316 g/mol. The Labute approximate surface area is 129 Å². The molecule has 2 aromatic rings. The lowest BCUT2D eigenvalue weighted by molar-refractivity contribution is 0.219. The van der Waals surface area contributed by atoms with Gasteiger partial charge in [-0.3, -0.25) is 0 Å². The molecule has 0 radical (unpaired) electrons. The zero-order valence-corrected chi connectivity index (χ0v) is 13.9. The predicted octanol–water partition coefficient (Wildman–Crippen LogP) is 2.43. The van der Waals surface area contributed by atoms with Crippen molar-refractivity contribution in [1.29, 1.82) is 0 Å². The quantitative estimate of drug-likeness (QED) is 0.802. The van der Waals surface area contributed by atoms with Gasteiger partial charge in [-0.2, -0.15) is 15.0 Å². The van der Waals surface area contributed by atoms with Crippen molar-refractivity contribution in [3.63, 3.8) is 0 Å². The van der Waals surface area contributed by atoms with Gasteiger partial charge in [-0.1, -0.05) is 23.1 Å². The summed E-state index contributed by atoms with van der Waals surface area (Å²) in [6.07, 6.45) is 1.97. The molecule has 20 heavy (non-hydrogen) atoms. The molecule has 2 aromatic heterocycles. The lowest BCUT2D eigenvalue weighted by Gasteiger charge is -2.09. The molecule has 0 aliphatic heterocycles. The van der Waals surface area contributed by atoms with Crippen molar-refractivity contribution in [3.8, 4) is 6.01 Å². The maximum atomic E-state index is 5.51. The fraction of sp³-hybridized carbons (Fsp3) is 0.500. The summed E-state index contributed by atoms with van der Waals surface area (Å²) in [4.78, 5) is 12.7. The highest BCUT2D eigenvalue weighted by Gasteiger charge is 2.12. The summed E-state index contributed by atoms with van der Waals surface area (Å²) in [6, 6.07) is 0.302. The zero-order chi connectivity index (χ0) is 14.5. The van der Waals surface area contributed by atoms with Gasteiger partial charge in [0.1, 0.15) is 0 Å². The van der Waals surface area contributed by atoms with Crippen LogP contribution in [0.1, 0.15) is 13.8 Å². The fourth-order valence-electron chi connectivity index (χ4n) is 1.16. The summed E-state index contributed by atoms with van der Waals surface area (Å²) in [6.45, 7) is 3.84. The van der Waals surface area contributed by atoms with E-state index in [9.17, 15) is 0 Å². The average Bonchev–Trinajstić information content (AvgIpc) is 2.85. The van der Waals surface area contributed by atoms with Crippen molar-refractivity contribution in [3.05, 3.63) is 0 Å². The fourth-order valence-corrected chi connectivity index (χ4v) is 3.44. The van der Waals surface area contributed by atoms with Crippen LogP contribution in [0.2, 0.25) is 0 Å². The van der Waals surface area contributed by atoms with Crippen molar-refractivity contribution < 1.29 is 4.74 Å². The number of thioether (sulfide) groups is 1. The number of hydrogen-bond acceptors (Lipinski definition) is 10. The van der Waals surface area contributed by atoms with Gasteiger partial charge in [-0.25, -0.2) is 0 Å². The molecule has 1 N–H and O–H groups in total. The van der Waals surface area contributed by atoms with E-state index in [0.717, 1.165) is 8.68 Å². The predicted molar refractivity (Wildman–Crippen MR) is 81.0 cm³/mol. The molecule has 0 aromatic carbocycles. The summed E-state index contributed by atoms with van der Waals surface area (Å²) in [5, 5.41) is 11.5. The van der Waals surface area contributed by atoms with E-state index in [0.29, 0.717) is 17.1 Å². The van der Waals surface area contributed by atoms with E-state index in [1.54, 1.807) is 18.8 Å². The second-order valence-corrected chi connectivity index (χ2v) is 7.03. The first kappa shape index (κ1) is 15.3. The number of ether oxygens (including phenoxy) is 1. The largest absolute Gasteiger partial charge is 0.461 e. The SMILES string of the molecule is CNc1nc(OC(C)C)nc(Sc2nnc(SC)s2)n1. The van der Waals surface area contributed by atoms with Crippen molar-refractivity contribution in [2.24, 2.45) is 0 Å². The molecule has 10 heteroatoms. The van der Waals surface area contributed by atoms with Crippen LogP contribution in [0.3, 0.4) is 0 Å². The Morgan fingerprint density at radius 1 is 1.15 bits per heavy atom. The summed E-state index contributed by atoms with van der Waals surface area (Å²) in [5.41, 5.74) is 0. The van der Waals surface area contributed by atoms with Gasteiger partial charge in [0.25, 0.3) is 0 Å². The Morgan fingerprint density at radius 2 is 1.90 bits per heavy atom. The number of hydrogen-bond donors (Lipinski definition) is 1. The number of nitrogens with one attached hydrogen (secondary N) is 1. The van der Waals surface area contributed by atoms with Crippen molar-refractivity contribution in [2.75, 3.05) is 18.6 Å². The molecule has 0 saturated carbocycles. The lowest BCUT2D eigenvalue weighted by Crippen LogP contribution is -2.10. The first-order valence-electron chi connectivity index (χ1n) is 5.76. The van der Waals surface area contributed by atoms with Gasteiger partial charge < -0.3 is 10.1 Å². The van der Waals surface area contributed by atoms with Gasteiger partial charge in [-0.15, -0.1) is 10.2 Å². The number of rotatable bonds is 6. The van der Waals surface area contributed by atoms with Gasteiger partial charge in [0.2, 0.25) is 11.1 Å². The highest BCUT2D eigenvalue weighted by Crippen LogP contribution is 2.31. The molecule has 0 aliphatic rings. The highest BCUT2D eigenvalue weighted by atomic mass is 32.2. The Morgan fingerprint density at radius 3 is 2.50 bits per heavy atom. The van der Waals surface area contributed by atoms with Crippen LogP contribution in [0.4, 0.5) is 5.95 Å². The monoisotopic (exact) mass is 330 g/mol. The van der Waals surface area contributed by atoms with Crippen LogP contribution in [-0.2, 0) is 0 Å². The smallest absolute Gasteiger partial charge is 0.322 e. The standard InChI is InChI=1S/C10H14N6OS3/c1-5(2)17-7-12-6(11-3)13-8(14-7)19-10-16-15-9(18-4)20-10/h5H,1-4H3,(H,11,12,13,14). The van der Waals surface area contributed by atoms with Gasteiger partial charge >= 0.3 is 6.01 Å². The summed E-state index contributed by atoms with van der Waals surface area (Å²) in [5.74, 6) is 0.466. The van der Waals surface area contributed by atoms with Gasteiger partial charge in [0.15, 0.2) is 8.68 Å². The Bertz CT molecular complexity index is 576. The molecular formula is C10H14N6OS3. The van der Waals surface area contributed by atoms with Crippen LogP contribution >= 0.6 is 34.9 Å². The number of aromatic nitrogens is 5. The number of nitrogens with zero attached hydrogens (tertiary/aromatic N) is 5. The Balaban J connectivity index is 2.21. The minimum absolute atomic E-state index is 0.00424. The van der Waals surface area contributed by atoms with Crippen LogP contribution in [0.25, 0.3) is 0 Å². The van der Waals surface area contributed by atoms with Gasteiger partial charge in [0.05, 0.1) is 6.10 Å². The lowest BCUT2D eigenvalue weighted by atomic mass is 10.5. The van der Waals surface area contributed by atoms with E-state index in [1.807, 2.05) is 20.1 Å². The topological polar surface area (TPSA) is 85.7 Å². The molecule has 0 atom stereocenters. The third kappa shape index (κ3) is 4.18. The molecule has 7 nitrogen and oxygen atoms in total. The summed E-state index contributed by atoms with van der Waals surface area (Å²) >= 11 is 4.41. The number of anilines is 1. The average molecular weight is 330 g/mol. The van der Waals surface area contributed by atoms with Crippen LogP contribution in [0.5, 0.6) is 6.01 Å². The molecule has 0 spiro atoms. The Hall–Kier alpha value is -1.13. The normalized spacial score (nSPS) is 10.8. The third-order valence-corrected chi connectivity index (χ3v) is 4.72. The maximum absolute atomic E-state index is 5.51. The minimum Gasteiger partial charge on any atom is -0.461 e.